The van der Waals surface area contributed by atoms with E-state index in [-0.39, 0.29) is 18.4 Å². The van der Waals surface area contributed by atoms with Crippen LogP contribution >= 0.6 is 0 Å². The molecule has 2 heterocycles. The zero-order valence-electron chi connectivity index (χ0n) is 16.2. The molecule has 0 saturated heterocycles. The van der Waals surface area contributed by atoms with Gasteiger partial charge in [0.25, 0.3) is 5.91 Å². The minimum atomic E-state index is -0.388. The Bertz CT molecular complexity index is 1070. The minimum Gasteiger partial charge on any atom is -0.465 e. The fraction of sp³-hybridized carbons (Fsp3) is 0.286. The summed E-state index contributed by atoms with van der Waals surface area (Å²) in [6, 6.07) is 11.9. The molecule has 7 nitrogen and oxygen atoms in total. The maximum Gasteiger partial charge on any atom is 0.325 e. The average molecular weight is 378 g/mol. The number of benzene rings is 2. The lowest BCUT2D eigenvalue weighted by Gasteiger charge is -2.22. The summed E-state index contributed by atoms with van der Waals surface area (Å²) in [6.45, 7) is 2.44. The van der Waals surface area contributed by atoms with Crippen molar-refractivity contribution in [2.24, 2.45) is 7.05 Å². The minimum absolute atomic E-state index is 0.0356. The van der Waals surface area contributed by atoms with Gasteiger partial charge in [-0.25, -0.2) is 0 Å². The second-order valence-corrected chi connectivity index (χ2v) is 6.85. The molecule has 0 aliphatic carbocycles. The van der Waals surface area contributed by atoms with Gasteiger partial charge in [0.05, 0.1) is 29.6 Å². The Labute approximate surface area is 163 Å². The molecule has 0 fully saturated rings. The van der Waals surface area contributed by atoms with E-state index in [2.05, 4.69) is 11.2 Å². The lowest BCUT2D eigenvalue weighted by atomic mass is 10.1. The summed E-state index contributed by atoms with van der Waals surface area (Å²) in [6.07, 6.45) is 1.83. The summed E-state index contributed by atoms with van der Waals surface area (Å²) in [7, 11) is 3.85. The van der Waals surface area contributed by atoms with Crippen LogP contribution in [0.15, 0.2) is 42.6 Å². The van der Waals surface area contributed by atoms with Gasteiger partial charge < -0.3 is 14.5 Å². The number of hydrogen-bond acceptors (Lipinski definition) is 5. The van der Waals surface area contributed by atoms with Crippen LogP contribution in [0.2, 0.25) is 0 Å². The third-order valence-electron chi connectivity index (χ3n) is 5.09. The highest BCUT2D eigenvalue weighted by atomic mass is 16.5. The summed E-state index contributed by atoms with van der Waals surface area (Å²) < 4.78 is 6.82. The average Bonchev–Trinajstić information content (AvgIpc) is 3.21. The number of nitrogens with zero attached hydrogens (tertiary/aromatic N) is 4. The van der Waals surface area contributed by atoms with E-state index in [1.165, 1.54) is 4.90 Å². The Morgan fingerprint density at radius 3 is 2.89 bits per heavy atom. The zero-order chi connectivity index (χ0) is 19.8. The molecule has 0 spiro atoms. The van der Waals surface area contributed by atoms with Crippen LogP contribution in [0.25, 0.3) is 10.9 Å². The molecule has 28 heavy (non-hydrogen) atoms. The van der Waals surface area contributed by atoms with Crippen molar-refractivity contribution in [3.63, 3.8) is 0 Å². The number of carbonyl (C=O) groups is 2. The van der Waals surface area contributed by atoms with Crippen molar-refractivity contribution in [1.29, 1.82) is 0 Å². The van der Waals surface area contributed by atoms with Crippen molar-refractivity contribution in [1.82, 2.24) is 14.7 Å². The molecule has 4 rings (SSSR count). The molecular formula is C21H22N4O3. The predicted molar refractivity (Wildman–Crippen MR) is 107 cm³/mol. The number of esters is 1. The van der Waals surface area contributed by atoms with Gasteiger partial charge in [0.1, 0.15) is 6.54 Å². The molecule has 2 aromatic carbocycles. The SMILES string of the molecule is CCOC(=O)CN1Cc2cccc(N(C)c3ccc4c(cnn4C)c3)c2C1=O. The lowest BCUT2D eigenvalue weighted by molar-refractivity contribution is -0.143. The van der Waals surface area contributed by atoms with Crippen molar-refractivity contribution < 1.29 is 14.3 Å². The molecule has 3 aromatic rings. The molecule has 144 valence electrons. The fourth-order valence-electron chi connectivity index (χ4n) is 3.67. The van der Waals surface area contributed by atoms with Crippen molar-refractivity contribution in [2.45, 2.75) is 13.5 Å². The van der Waals surface area contributed by atoms with Gasteiger partial charge in [0.2, 0.25) is 0 Å². The van der Waals surface area contributed by atoms with Gasteiger partial charge in [-0.05, 0) is 36.8 Å². The van der Waals surface area contributed by atoms with E-state index in [1.54, 1.807) is 6.92 Å². The van der Waals surface area contributed by atoms with E-state index in [4.69, 9.17) is 4.74 Å². The quantitative estimate of drug-likeness (QED) is 0.639. The van der Waals surface area contributed by atoms with Crippen LogP contribution in [0, 0.1) is 0 Å². The number of fused-ring (bicyclic) bond motifs is 2. The number of anilines is 2. The molecule has 0 bridgehead atoms. The van der Waals surface area contributed by atoms with E-state index >= 15 is 0 Å². The van der Waals surface area contributed by atoms with Gasteiger partial charge in [-0.1, -0.05) is 12.1 Å². The van der Waals surface area contributed by atoms with Gasteiger partial charge in [0.15, 0.2) is 0 Å². The predicted octanol–water partition coefficient (Wildman–Crippen LogP) is 2.86. The zero-order valence-corrected chi connectivity index (χ0v) is 16.2. The van der Waals surface area contributed by atoms with Crippen LogP contribution in [-0.2, 0) is 23.1 Å². The topological polar surface area (TPSA) is 67.7 Å². The van der Waals surface area contributed by atoms with Crippen LogP contribution in [0.3, 0.4) is 0 Å². The third kappa shape index (κ3) is 2.98. The fourth-order valence-corrected chi connectivity index (χ4v) is 3.67. The Morgan fingerprint density at radius 1 is 1.29 bits per heavy atom. The maximum atomic E-state index is 13.0. The standard InChI is InChI=1S/C21H22N4O3/c1-4-28-19(26)13-25-12-14-6-5-7-18(20(14)21(25)27)23(2)16-8-9-17-15(10-16)11-22-24(17)3/h5-11H,4,12-13H2,1-3H3. The first-order chi connectivity index (χ1) is 13.5. The molecule has 1 aliphatic heterocycles. The van der Waals surface area contributed by atoms with Gasteiger partial charge in [-0.3, -0.25) is 14.3 Å². The smallest absolute Gasteiger partial charge is 0.325 e. The molecule has 0 radical (unpaired) electrons. The number of amides is 1. The van der Waals surface area contributed by atoms with Gasteiger partial charge in [-0.15, -0.1) is 0 Å². The molecule has 0 unspecified atom stereocenters. The summed E-state index contributed by atoms with van der Waals surface area (Å²) >= 11 is 0. The number of rotatable bonds is 5. The number of carbonyl (C=O) groups excluding carboxylic acids is 2. The van der Waals surface area contributed by atoms with E-state index in [0.717, 1.165) is 27.8 Å². The molecule has 0 N–H and O–H groups in total. The number of aromatic nitrogens is 2. The lowest BCUT2D eigenvalue weighted by Crippen LogP contribution is -2.31. The van der Waals surface area contributed by atoms with Crippen molar-refractivity contribution in [2.75, 3.05) is 25.1 Å². The monoisotopic (exact) mass is 378 g/mol. The normalized spacial score (nSPS) is 13.1. The van der Waals surface area contributed by atoms with Crippen molar-refractivity contribution in [3.8, 4) is 0 Å². The molecule has 0 atom stereocenters. The molecule has 1 aliphatic rings. The molecule has 0 saturated carbocycles. The summed E-state index contributed by atoms with van der Waals surface area (Å²) in [5.41, 5.74) is 4.39. The number of aryl methyl sites for hydroxylation is 1. The number of ether oxygens (including phenoxy) is 1. The van der Waals surface area contributed by atoms with E-state index in [1.807, 2.05) is 60.2 Å². The summed E-state index contributed by atoms with van der Waals surface area (Å²) in [5.74, 6) is -0.534. The highest BCUT2D eigenvalue weighted by Crippen LogP contribution is 2.35. The largest absolute Gasteiger partial charge is 0.465 e. The van der Waals surface area contributed by atoms with Gasteiger partial charge in [-0.2, -0.15) is 5.10 Å². The second-order valence-electron chi connectivity index (χ2n) is 6.85. The highest BCUT2D eigenvalue weighted by molar-refractivity contribution is 6.05. The Hall–Kier alpha value is -3.35. The van der Waals surface area contributed by atoms with Crippen LogP contribution in [0.5, 0.6) is 0 Å². The second kappa shape index (κ2) is 6.99. The van der Waals surface area contributed by atoms with E-state index < -0.39 is 0 Å². The highest BCUT2D eigenvalue weighted by Gasteiger charge is 2.32. The molecular weight excluding hydrogens is 356 g/mol. The van der Waals surface area contributed by atoms with E-state index in [9.17, 15) is 9.59 Å². The first-order valence-corrected chi connectivity index (χ1v) is 9.22. The molecule has 1 amide bonds. The van der Waals surface area contributed by atoms with Crippen molar-refractivity contribution >= 4 is 34.2 Å². The summed E-state index contributed by atoms with van der Waals surface area (Å²) in [5, 5.41) is 5.32. The molecule has 7 heteroatoms. The van der Waals surface area contributed by atoms with Crippen LogP contribution in [0.1, 0.15) is 22.8 Å². The summed E-state index contributed by atoms with van der Waals surface area (Å²) in [4.78, 5) is 28.3. The van der Waals surface area contributed by atoms with Crippen molar-refractivity contribution in [3.05, 3.63) is 53.7 Å². The molecule has 1 aromatic heterocycles. The number of hydrogen-bond donors (Lipinski definition) is 0. The Balaban J connectivity index is 1.66. The Morgan fingerprint density at radius 2 is 2.11 bits per heavy atom. The Kier molecular flexibility index (Phi) is 4.50. The van der Waals surface area contributed by atoms with E-state index in [0.29, 0.717) is 18.7 Å². The van der Waals surface area contributed by atoms with Gasteiger partial charge >= 0.3 is 5.97 Å². The van der Waals surface area contributed by atoms with Crippen LogP contribution < -0.4 is 4.90 Å². The maximum absolute atomic E-state index is 13.0. The third-order valence-corrected chi connectivity index (χ3v) is 5.09. The van der Waals surface area contributed by atoms with Crippen LogP contribution in [0.4, 0.5) is 11.4 Å². The van der Waals surface area contributed by atoms with Gasteiger partial charge in [0, 0.05) is 31.7 Å². The first kappa shape index (κ1) is 18.0. The first-order valence-electron chi connectivity index (χ1n) is 9.22. The van der Waals surface area contributed by atoms with Crippen LogP contribution in [-0.4, -0.2) is 46.8 Å².